The molecular weight excluding hydrogens is 337 g/mol. The highest BCUT2D eigenvalue weighted by atomic mass is 32.1. The third-order valence-electron chi connectivity index (χ3n) is 3.62. The Bertz CT molecular complexity index is 725. The summed E-state index contributed by atoms with van der Waals surface area (Å²) >= 11 is 1.47. The van der Waals surface area contributed by atoms with Gasteiger partial charge in [0.15, 0.2) is 0 Å². The molecule has 24 heavy (non-hydrogen) atoms. The lowest BCUT2D eigenvalue weighted by Crippen LogP contribution is -2.31. The van der Waals surface area contributed by atoms with Crippen molar-refractivity contribution in [3.63, 3.8) is 0 Å². The van der Waals surface area contributed by atoms with Gasteiger partial charge in [-0.25, -0.2) is 4.98 Å². The van der Waals surface area contributed by atoms with E-state index in [4.69, 9.17) is 0 Å². The van der Waals surface area contributed by atoms with E-state index in [1.807, 2.05) is 6.92 Å². The lowest BCUT2D eigenvalue weighted by molar-refractivity contribution is -0.139. The summed E-state index contributed by atoms with van der Waals surface area (Å²) in [6.07, 6.45) is -2.78. The number of hydrogen-bond acceptors (Lipinski definition) is 3. The molecule has 0 radical (unpaired) electrons. The zero-order chi connectivity index (χ0) is 17.7. The molecule has 0 atom stereocenters. The number of rotatable bonds is 6. The Balaban J connectivity index is 2.19. The zero-order valence-corrected chi connectivity index (χ0v) is 14.0. The molecule has 2 rings (SSSR count). The standard InChI is InChI=1S/C17H17F3N2OS/c1-3-16(23)22(9-8-15-12(2)21-11-24-15)10-13-6-4-5-7-14(13)17(18,19)20/h3-7,11H,1,8-10H2,2H3. The Morgan fingerprint density at radius 3 is 2.67 bits per heavy atom. The van der Waals surface area contributed by atoms with Gasteiger partial charge in [0, 0.05) is 24.4 Å². The summed E-state index contributed by atoms with van der Waals surface area (Å²) < 4.78 is 39.3. The zero-order valence-electron chi connectivity index (χ0n) is 13.1. The van der Waals surface area contributed by atoms with Crippen LogP contribution in [0.5, 0.6) is 0 Å². The van der Waals surface area contributed by atoms with E-state index >= 15 is 0 Å². The quantitative estimate of drug-likeness (QED) is 0.728. The maximum absolute atomic E-state index is 13.1. The minimum absolute atomic E-state index is 0.0706. The van der Waals surface area contributed by atoms with Gasteiger partial charge in [-0.3, -0.25) is 4.79 Å². The second-order valence-corrected chi connectivity index (χ2v) is 6.17. The number of benzene rings is 1. The number of carbonyl (C=O) groups excluding carboxylic acids is 1. The van der Waals surface area contributed by atoms with Gasteiger partial charge in [0.25, 0.3) is 0 Å². The molecule has 0 aliphatic heterocycles. The maximum Gasteiger partial charge on any atom is 0.416 e. The number of amides is 1. The Morgan fingerprint density at radius 1 is 1.38 bits per heavy atom. The summed E-state index contributed by atoms with van der Waals surface area (Å²) in [5.41, 5.74) is 1.94. The molecule has 1 aromatic carbocycles. The first-order valence-corrected chi connectivity index (χ1v) is 8.16. The van der Waals surface area contributed by atoms with E-state index in [0.29, 0.717) is 13.0 Å². The van der Waals surface area contributed by atoms with Crippen LogP contribution in [0.1, 0.15) is 21.7 Å². The van der Waals surface area contributed by atoms with Gasteiger partial charge in [-0.2, -0.15) is 13.2 Å². The van der Waals surface area contributed by atoms with Crippen molar-refractivity contribution in [3.8, 4) is 0 Å². The molecular formula is C17H17F3N2OS. The summed E-state index contributed by atoms with van der Waals surface area (Å²) in [6, 6.07) is 5.30. The monoisotopic (exact) mass is 354 g/mol. The van der Waals surface area contributed by atoms with Crippen LogP contribution in [0.2, 0.25) is 0 Å². The van der Waals surface area contributed by atoms with Crippen LogP contribution in [0.15, 0.2) is 42.4 Å². The topological polar surface area (TPSA) is 33.2 Å². The van der Waals surface area contributed by atoms with Crippen molar-refractivity contribution in [2.45, 2.75) is 26.1 Å². The normalized spacial score (nSPS) is 11.3. The molecule has 1 heterocycles. The van der Waals surface area contributed by atoms with Gasteiger partial charge in [-0.15, -0.1) is 11.3 Å². The van der Waals surface area contributed by atoms with E-state index < -0.39 is 17.6 Å². The Morgan fingerprint density at radius 2 is 2.08 bits per heavy atom. The second kappa shape index (κ2) is 7.61. The number of halogens is 3. The SMILES string of the molecule is C=CC(=O)N(CCc1scnc1C)Cc1ccccc1C(F)(F)F. The Hall–Kier alpha value is -2.15. The smallest absolute Gasteiger partial charge is 0.334 e. The number of nitrogens with zero attached hydrogens (tertiary/aromatic N) is 2. The van der Waals surface area contributed by atoms with Crippen molar-refractivity contribution in [1.82, 2.24) is 9.88 Å². The van der Waals surface area contributed by atoms with Crippen molar-refractivity contribution in [3.05, 3.63) is 64.1 Å². The number of carbonyl (C=O) groups is 1. The first-order valence-electron chi connectivity index (χ1n) is 7.28. The number of aromatic nitrogens is 1. The first kappa shape index (κ1) is 18.2. The van der Waals surface area contributed by atoms with Crippen LogP contribution < -0.4 is 0 Å². The highest BCUT2D eigenvalue weighted by Gasteiger charge is 2.33. The van der Waals surface area contributed by atoms with Crippen LogP contribution in [0, 0.1) is 6.92 Å². The molecule has 0 unspecified atom stereocenters. The Kier molecular flexibility index (Phi) is 5.77. The van der Waals surface area contributed by atoms with Crippen LogP contribution in [-0.2, 0) is 23.9 Å². The molecule has 2 aromatic rings. The molecule has 128 valence electrons. The van der Waals surface area contributed by atoms with E-state index in [2.05, 4.69) is 11.6 Å². The van der Waals surface area contributed by atoms with E-state index in [9.17, 15) is 18.0 Å². The van der Waals surface area contributed by atoms with Crippen molar-refractivity contribution in [1.29, 1.82) is 0 Å². The van der Waals surface area contributed by atoms with E-state index in [1.54, 1.807) is 5.51 Å². The number of alkyl halides is 3. The fraction of sp³-hybridized carbons (Fsp3) is 0.294. The first-order chi connectivity index (χ1) is 11.3. The highest BCUT2D eigenvalue weighted by Crippen LogP contribution is 2.32. The molecule has 1 aromatic heterocycles. The van der Waals surface area contributed by atoms with Crippen LogP contribution in [0.4, 0.5) is 13.2 Å². The van der Waals surface area contributed by atoms with Gasteiger partial charge < -0.3 is 4.90 Å². The van der Waals surface area contributed by atoms with Crippen molar-refractivity contribution in [2.24, 2.45) is 0 Å². The molecule has 0 saturated heterocycles. The fourth-order valence-electron chi connectivity index (χ4n) is 2.34. The number of aryl methyl sites for hydroxylation is 1. The van der Waals surface area contributed by atoms with Crippen molar-refractivity contribution >= 4 is 17.2 Å². The van der Waals surface area contributed by atoms with Gasteiger partial charge in [0.1, 0.15) is 0 Å². The van der Waals surface area contributed by atoms with E-state index in [-0.39, 0.29) is 12.1 Å². The maximum atomic E-state index is 13.1. The summed E-state index contributed by atoms with van der Waals surface area (Å²) in [6.45, 7) is 5.49. The van der Waals surface area contributed by atoms with Crippen LogP contribution in [0.3, 0.4) is 0 Å². The van der Waals surface area contributed by atoms with Crippen LogP contribution in [-0.4, -0.2) is 22.3 Å². The number of hydrogen-bond donors (Lipinski definition) is 0. The van der Waals surface area contributed by atoms with Crippen molar-refractivity contribution in [2.75, 3.05) is 6.54 Å². The van der Waals surface area contributed by atoms with Gasteiger partial charge in [-0.05, 0) is 24.6 Å². The minimum Gasteiger partial charge on any atom is -0.334 e. The molecule has 0 spiro atoms. The molecule has 0 saturated carbocycles. The van der Waals surface area contributed by atoms with Crippen LogP contribution in [0.25, 0.3) is 0 Å². The highest BCUT2D eigenvalue weighted by molar-refractivity contribution is 7.09. The summed E-state index contributed by atoms with van der Waals surface area (Å²) in [4.78, 5) is 18.6. The van der Waals surface area contributed by atoms with Crippen LogP contribution >= 0.6 is 11.3 Å². The van der Waals surface area contributed by atoms with E-state index in [1.165, 1.54) is 34.4 Å². The Labute approximate surface area is 142 Å². The fourth-order valence-corrected chi connectivity index (χ4v) is 3.11. The third kappa shape index (κ3) is 4.44. The minimum atomic E-state index is -4.45. The van der Waals surface area contributed by atoms with Gasteiger partial charge in [-0.1, -0.05) is 24.8 Å². The molecule has 0 aliphatic carbocycles. The average Bonchev–Trinajstić information content (AvgIpc) is 2.95. The summed E-state index contributed by atoms with van der Waals surface area (Å²) in [5, 5.41) is 0. The van der Waals surface area contributed by atoms with Gasteiger partial charge in [0.05, 0.1) is 16.8 Å². The van der Waals surface area contributed by atoms with Gasteiger partial charge in [0.2, 0.25) is 5.91 Å². The summed E-state index contributed by atoms with van der Waals surface area (Å²) in [5.74, 6) is -0.394. The number of thiazole rings is 1. The third-order valence-corrected chi connectivity index (χ3v) is 4.62. The lowest BCUT2D eigenvalue weighted by atomic mass is 10.1. The molecule has 7 heteroatoms. The second-order valence-electron chi connectivity index (χ2n) is 5.23. The summed E-state index contributed by atoms with van der Waals surface area (Å²) in [7, 11) is 0. The largest absolute Gasteiger partial charge is 0.416 e. The molecule has 0 N–H and O–H groups in total. The molecule has 0 bridgehead atoms. The molecule has 0 aliphatic rings. The predicted octanol–water partition coefficient (Wildman–Crippen LogP) is 4.23. The molecule has 1 amide bonds. The molecule has 3 nitrogen and oxygen atoms in total. The van der Waals surface area contributed by atoms with Gasteiger partial charge >= 0.3 is 6.18 Å². The molecule has 0 fully saturated rings. The predicted molar refractivity (Wildman–Crippen MR) is 87.6 cm³/mol. The van der Waals surface area contributed by atoms with E-state index in [0.717, 1.165) is 22.7 Å². The lowest BCUT2D eigenvalue weighted by Gasteiger charge is -2.23. The average molecular weight is 354 g/mol. The van der Waals surface area contributed by atoms with Crippen molar-refractivity contribution < 1.29 is 18.0 Å².